The van der Waals surface area contributed by atoms with Crippen LogP contribution in [0.3, 0.4) is 0 Å². The third kappa shape index (κ3) is 2.99. The van der Waals surface area contributed by atoms with E-state index in [4.69, 9.17) is 0 Å². The summed E-state index contributed by atoms with van der Waals surface area (Å²) in [6, 6.07) is 2.12. The fraction of sp³-hybridized carbons (Fsp3) is 0.353. The van der Waals surface area contributed by atoms with Crippen LogP contribution in [0, 0.1) is 6.92 Å². The number of aromatic nitrogens is 1. The van der Waals surface area contributed by atoms with E-state index in [0.29, 0.717) is 6.42 Å². The fourth-order valence-electron chi connectivity index (χ4n) is 2.46. The van der Waals surface area contributed by atoms with Gasteiger partial charge in [0.1, 0.15) is 6.23 Å². The lowest BCUT2D eigenvalue weighted by molar-refractivity contribution is 0.0569. The van der Waals surface area contributed by atoms with E-state index in [2.05, 4.69) is 30.6 Å². The Morgan fingerprint density at radius 1 is 1.55 bits per heavy atom. The largest absolute Gasteiger partial charge is 0.373 e. The van der Waals surface area contributed by atoms with E-state index in [-0.39, 0.29) is 0 Å². The number of likely N-dealkylation sites (tertiary alicyclic amines) is 1. The van der Waals surface area contributed by atoms with E-state index < -0.39 is 6.23 Å². The molecule has 0 bridgehead atoms. The lowest BCUT2D eigenvalue weighted by atomic mass is 10.1. The van der Waals surface area contributed by atoms with Crippen molar-refractivity contribution in [1.29, 1.82) is 0 Å². The summed E-state index contributed by atoms with van der Waals surface area (Å²) in [5, 5.41) is 9.94. The molecule has 1 aromatic rings. The summed E-state index contributed by atoms with van der Waals surface area (Å²) < 4.78 is 0. The highest BCUT2D eigenvalue weighted by molar-refractivity contribution is 5.65. The molecule has 0 saturated carbocycles. The topological polar surface area (TPSA) is 36.4 Å². The summed E-state index contributed by atoms with van der Waals surface area (Å²) in [5.41, 5.74) is 5.44. The molecule has 0 amide bonds. The Bertz CT molecular complexity index is 572. The highest BCUT2D eigenvalue weighted by Crippen LogP contribution is 2.30. The van der Waals surface area contributed by atoms with Crippen molar-refractivity contribution < 1.29 is 5.11 Å². The van der Waals surface area contributed by atoms with Crippen molar-refractivity contribution in [2.45, 2.75) is 33.4 Å². The molecule has 2 rings (SSSR count). The van der Waals surface area contributed by atoms with Crippen LogP contribution in [-0.2, 0) is 0 Å². The van der Waals surface area contributed by atoms with Gasteiger partial charge in [0.15, 0.2) is 0 Å². The average Bonchev–Trinajstić information content (AvgIpc) is 2.69. The number of hydrogen-bond donors (Lipinski definition) is 1. The van der Waals surface area contributed by atoms with Crippen LogP contribution in [0.2, 0.25) is 0 Å². The van der Waals surface area contributed by atoms with Crippen LogP contribution in [0.5, 0.6) is 0 Å². The Morgan fingerprint density at radius 3 is 2.95 bits per heavy atom. The monoisotopic (exact) mass is 270 g/mol. The van der Waals surface area contributed by atoms with E-state index in [9.17, 15) is 5.11 Å². The smallest absolute Gasteiger partial charge is 0.131 e. The number of aryl methyl sites for hydroxylation is 1. The molecule has 3 heteroatoms. The van der Waals surface area contributed by atoms with Gasteiger partial charge in [-0.1, -0.05) is 12.7 Å². The minimum atomic E-state index is -0.437. The SMILES string of the molecule is C=C1CC(O)N(CC)C1=CC=C(C)c1cncc(C)c1. The van der Waals surface area contributed by atoms with Crippen molar-refractivity contribution in [3.8, 4) is 0 Å². The van der Waals surface area contributed by atoms with Crippen LogP contribution >= 0.6 is 0 Å². The highest BCUT2D eigenvalue weighted by Gasteiger charge is 2.27. The van der Waals surface area contributed by atoms with Gasteiger partial charge in [-0.2, -0.15) is 0 Å². The van der Waals surface area contributed by atoms with Gasteiger partial charge in [0.25, 0.3) is 0 Å². The Kier molecular flexibility index (Phi) is 4.40. The number of rotatable bonds is 3. The molecule has 20 heavy (non-hydrogen) atoms. The van der Waals surface area contributed by atoms with Crippen molar-refractivity contribution in [3.05, 3.63) is 59.6 Å². The minimum Gasteiger partial charge on any atom is -0.373 e. The van der Waals surface area contributed by atoms with E-state index >= 15 is 0 Å². The third-order valence-electron chi connectivity index (χ3n) is 3.62. The summed E-state index contributed by atoms with van der Waals surface area (Å²) >= 11 is 0. The molecule has 1 saturated heterocycles. The van der Waals surface area contributed by atoms with Gasteiger partial charge in [0.2, 0.25) is 0 Å². The van der Waals surface area contributed by atoms with Gasteiger partial charge in [-0.05, 0) is 55.2 Å². The zero-order valence-corrected chi connectivity index (χ0v) is 12.4. The molecular formula is C17H22N2O. The predicted molar refractivity (Wildman–Crippen MR) is 82.9 cm³/mol. The van der Waals surface area contributed by atoms with Crippen LogP contribution in [0.15, 0.2) is 48.5 Å². The molecule has 1 fully saturated rings. The van der Waals surface area contributed by atoms with Gasteiger partial charge < -0.3 is 10.0 Å². The second kappa shape index (κ2) is 6.06. The van der Waals surface area contributed by atoms with Gasteiger partial charge in [0.05, 0.1) is 0 Å². The molecule has 1 unspecified atom stereocenters. The van der Waals surface area contributed by atoms with Crippen LogP contribution < -0.4 is 0 Å². The first kappa shape index (κ1) is 14.5. The zero-order valence-electron chi connectivity index (χ0n) is 12.4. The minimum absolute atomic E-state index is 0.437. The molecule has 1 aliphatic heterocycles. The van der Waals surface area contributed by atoms with Crippen LogP contribution in [0.4, 0.5) is 0 Å². The number of hydrogen-bond acceptors (Lipinski definition) is 3. The fourth-order valence-corrected chi connectivity index (χ4v) is 2.46. The van der Waals surface area contributed by atoms with Crippen molar-refractivity contribution >= 4 is 5.57 Å². The first-order valence-electron chi connectivity index (χ1n) is 6.96. The number of likely N-dealkylation sites (N-methyl/N-ethyl adjacent to an activating group) is 1. The van der Waals surface area contributed by atoms with E-state index in [1.165, 1.54) is 0 Å². The maximum absolute atomic E-state index is 9.94. The van der Waals surface area contributed by atoms with Crippen LogP contribution in [0.25, 0.3) is 5.57 Å². The number of pyridine rings is 1. The van der Waals surface area contributed by atoms with Gasteiger partial charge >= 0.3 is 0 Å². The number of allylic oxidation sites excluding steroid dienone is 4. The standard InChI is InChI=1S/C17H22N2O/c1-5-19-16(14(4)9-17(19)20)7-6-13(3)15-8-12(2)10-18-11-15/h6-8,10-11,17,20H,4-5,9H2,1-3H3. The number of aliphatic hydroxyl groups is 1. The molecule has 3 nitrogen and oxygen atoms in total. The Hall–Kier alpha value is -1.87. The van der Waals surface area contributed by atoms with Gasteiger partial charge in [-0.3, -0.25) is 4.98 Å². The summed E-state index contributed by atoms with van der Waals surface area (Å²) in [6.45, 7) is 11.0. The van der Waals surface area contributed by atoms with Gasteiger partial charge in [-0.25, -0.2) is 0 Å². The second-order valence-electron chi connectivity index (χ2n) is 5.23. The molecule has 106 valence electrons. The second-order valence-corrected chi connectivity index (χ2v) is 5.23. The molecule has 1 aromatic heterocycles. The Balaban J connectivity index is 2.26. The van der Waals surface area contributed by atoms with Crippen molar-refractivity contribution in [2.75, 3.05) is 6.54 Å². The molecule has 1 aliphatic rings. The van der Waals surface area contributed by atoms with Gasteiger partial charge in [0, 0.05) is 31.1 Å². The quantitative estimate of drug-likeness (QED) is 0.915. The average molecular weight is 270 g/mol. The van der Waals surface area contributed by atoms with E-state index in [1.807, 2.05) is 37.2 Å². The lowest BCUT2D eigenvalue weighted by Crippen LogP contribution is -2.27. The number of nitrogens with zero attached hydrogens (tertiary/aromatic N) is 2. The maximum atomic E-state index is 9.94. The number of aliphatic hydroxyl groups excluding tert-OH is 1. The van der Waals surface area contributed by atoms with Crippen LogP contribution in [-0.4, -0.2) is 27.8 Å². The molecule has 0 radical (unpaired) electrons. The molecule has 0 spiro atoms. The lowest BCUT2D eigenvalue weighted by Gasteiger charge is -2.21. The zero-order chi connectivity index (χ0) is 14.7. The molecule has 0 aromatic carbocycles. The summed E-state index contributed by atoms with van der Waals surface area (Å²) in [6.07, 6.45) is 8.01. The van der Waals surface area contributed by atoms with E-state index in [0.717, 1.165) is 34.5 Å². The highest BCUT2D eigenvalue weighted by atomic mass is 16.3. The summed E-state index contributed by atoms with van der Waals surface area (Å²) in [5.74, 6) is 0. The third-order valence-corrected chi connectivity index (χ3v) is 3.62. The first-order valence-corrected chi connectivity index (χ1v) is 6.96. The van der Waals surface area contributed by atoms with Crippen molar-refractivity contribution in [3.63, 3.8) is 0 Å². The van der Waals surface area contributed by atoms with E-state index in [1.54, 1.807) is 0 Å². The maximum Gasteiger partial charge on any atom is 0.131 e. The molecule has 2 heterocycles. The predicted octanol–water partition coefficient (Wildman–Crippen LogP) is 3.28. The summed E-state index contributed by atoms with van der Waals surface area (Å²) in [4.78, 5) is 6.19. The van der Waals surface area contributed by atoms with Crippen molar-refractivity contribution in [1.82, 2.24) is 9.88 Å². The molecule has 1 N–H and O–H groups in total. The Morgan fingerprint density at radius 2 is 2.30 bits per heavy atom. The normalized spacial score (nSPS) is 21.9. The van der Waals surface area contributed by atoms with Crippen LogP contribution in [0.1, 0.15) is 31.4 Å². The van der Waals surface area contributed by atoms with Gasteiger partial charge in [-0.15, -0.1) is 0 Å². The Labute approximate surface area is 121 Å². The van der Waals surface area contributed by atoms with Crippen molar-refractivity contribution in [2.24, 2.45) is 0 Å². The molecule has 1 atom stereocenters. The first-order chi connectivity index (χ1) is 9.52. The molecule has 0 aliphatic carbocycles. The summed E-state index contributed by atoms with van der Waals surface area (Å²) in [7, 11) is 0. The molecular weight excluding hydrogens is 248 g/mol.